The summed E-state index contributed by atoms with van der Waals surface area (Å²) < 4.78 is 33.4. The van der Waals surface area contributed by atoms with Gasteiger partial charge in [0.25, 0.3) is 5.91 Å². The van der Waals surface area contributed by atoms with E-state index >= 15 is 0 Å². The van der Waals surface area contributed by atoms with Crippen LogP contribution in [0, 0.1) is 11.8 Å². The van der Waals surface area contributed by atoms with Crippen LogP contribution >= 0.6 is 0 Å². The molecule has 1 amide bonds. The highest BCUT2D eigenvalue weighted by Gasteiger charge is 2.34. The van der Waals surface area contributed by atoms with Crippen molar-refractivity contribution in [3.63, 3.8) is 0 Å². The number of carbonyl (C=O) groups excluding carboxylic acids is 1. The number of methoxy groups -OCH3 is 1. The van der Waals surface area contributed by atoms with Gasteiger partial charge in [-0.1, -0.05) is 13.8 Å². The van der Waals surface area contributed by atoms with Gasteiger partial charge in [0.2, 0.25) is 10.0 Å². The van der Waals surface area contributed by atoms with Crippen LogP contribution in [0.2, 0.25) is 0 Å². The summed E-state index contributed by atoms with van der Waals surface area (Å²) in [6.07, 6.45) is 1.00. The zero-order valence-corrected chi connectivity index (χ0v) is 17.6. The number of carbonyl (C=O) groups is 1. The molecule has 0 aromatic heterocycles. The number of amides is 1. The molecule has 27 heavy (non-hydrogen) atoms. The highest BCUT2D eigenvalue weighted by molar-refractivity contribution is 7.89. The van der Waals surface area contributed by atoms with Gasteiger partial charge < -0.3 is 15.4 Å². The molecule has 0 saturated carbocycles. The summed E-state index contributed by atoms with van der Waals surface area (Å²) in [5.74, 6) is 0.547. The first-order valence-corrected chi connectivity index (χ1v) is 10.7. The molecule has 1 heterocycles. The lowest BCUT2D eigenvalue weighted by atomic mass is 9.94. The monoisotopic (exact) mass is 397 g/mol. The molecule has 1 aliphatic rings. The lowest BCUT2D eigenvalue weighted by Gasteiger charge is -2.34. The second-order valence-electron chi connectivity index (χ2n) is 7.63. The molecule has 2 N–H and O–H groups in total. The molecular formula is C19H31N3O4S. The molecule has 1 saturated heterocycles. The average Bonchev–Trinajstić information content (AvgIpc) is 2.64. The average molecular weight is 398 g/mol. The van der Waals surface area contributed by atoms with Gasteiger partial charge in [0.05, 0.1) is 7.11 Å². The highest BCUT2D eigenvalue weighted by atomic mass is 32.2. The number of likely N-dealkylation sites (N-methyl/N-ethyl adjacent to an activating group) is 1. The number of hydrogen-bond donors (Lipinski definition) is 1. The minimum atomic E-state index is -3.77. The SMILES string of the molecule is COc1ccc(C(=O)N(C)C(C)CN)cc1S(=O)(=O)N1CC(C)CC(C)C1. The maximum Gasteiger partial charge on any atom is 0.253 e. The molecule has 2 rings (SSSR count). The molecule has 152 valence electrons. The molecule has 0 aliphatic carbocycles. The summed E-state index contributed by atoms with van der Waals surface area (Å²) >= 11 is 0. The Morgan fingerprint density at radius 1 is 1.33 bits per heavy atom. The number of nitrogens with zero attached hydrogens (tertiary/aromatic N) is 2. The van der Waals surface area contributed by atoms with E-state index < -0.39 is 10.0 Å². The van der Waals surface area contributed by atoms with Crippen molar-refractivity contribution in [2.75, 3.05) is 33.8 Å². The highest BCUT2D eigenvalue weighted by Crippen LogP contribution is 2.32. The van der Waals surface area contributed by atoms with Gasteiger partial charge in [-0.05, 0) is 43.4 Å². The normalized spacial score (nSPS) is 22.3. The van der Waals surface area contributed by atoms with E-state index in [9.17, 15) is 13.2 Å². The van der Waals surface area contributed by atoms with Gasteiger partial charge in [0.1, 0.15) is 10.6 Å². The van der Waals surface area contributed by atoms with E-state index in [1.807, 2.05) is 6.92 Å². The number of ether oxygens (including phenoxy) is 1. The first kappa shape index (κ1) is 21.7. The summed E-state index contributed by atoms with van der Waals surface area (Å²) in [5, 5.41) is 0. The summed E-state index contributed by atoms with van der Waals surface area (Å²) in [4.78, 5) is 14.3. The summed E-state index contributed by atoms with van der Waals surface area (Å²) in [7, 11) is -0.676. The van der Waals surface area contributed by atoms with E-state index in [0.717, 1.165) is 6.42 Å². The predicted octanol–water partition coefficient (Wildman–Crippen LogP) is 1.78. The minimum Gasteiger partial charge on any atom is -0.495 e. The number of nitrogens with two attached hydrogens (primary N) is 1. The fraction of sp³-hybridized carbons (Fsp3) is 0.632. The van der Waals surface area contributed by atoms with Crippen molar-refractivity contribution in [2.24, 2.45) is 17.6 Å². The van der Waals surface area contributed by atoms with E-state index in [2.05, 4.69) is 13.8 Å². The van der Waals surface area contributed by atoms with Crippen molar-refractivity contribution >= 4 is 15.9 Å². The number of benzene rings is 1. The van der Waals surface area contributed by atoms with Gasteiger partial charge in [-0.2, -0.15) is 4.31 Å². The molecule has 0 bridgehead atoms. The number of hydrogen-bond acceptors (Lipinski definition) is 5. The van der Waals surface area contributed by atoms with E-state index in [4.69, 9.17) is 10.5 Å². The molecule has 1 fully saturated rings. The van der Waals surface area contributed by atoms with Crippen LogP contribution < -0.4 is 10.5 Å². The molecule has 1 aromatic rings. The van der Waals surface area contributed by atoms with Gasteiger partial charge in [0.15, 0.2) is 0 Å². The van der Waals surface area contributed by atoms with E-state index in [0.29, 0.717) is 25.2 Å². The van der Waals surface area contributed by atoms with Gasteiger partial charge in [-0.3, -0.25) is 4.79 Å². The zero-order chi connectivity index (χ0) is 20.4. The van der Waals surface area contributed by atoms with Gasteiger partial charge in [-0.25, -0.2) is 8.42 Å². The first-order valence-electron chi connectivity index (χ1n) is 9.27. The molecule has 1 aliphatic heterocycles. The van der Waals surface area contributed by atoms with Crippen LogP contribution in [0.15, 0.2) is 23.1 Å². The summed E-state index contributed by atoms with van der Waals surface area (Å²) in [6.45, 7) is 7.22. The van der Waals surface area contributed by atoms with Crippen LogP contribution in [0.4, 0.5) is 0 Å². The molecule has 3 atom stereocenters. The molecule has 3 unspecified atom stereocenters. The van der Waals surface area contributed by atoms with Crippen LogP contribution in [0.25, 0.3) is 0 Å². The zero-order valence-electron chi connectivity index (χ0n) is 16.8. The van der Waals surface area contributed by atoms with Crippen molar-refractivity contribution in [3.05, 3.63) is 23.8 Å². The molecule has 0 spiro atoms. The van der Waals surface area contributed by atoms with Crippen molar-refractivity contribution in [2.45, 2.75) is 38.1 Å². The lowest BCUT2D eigenvalue weighted by molar-refractivity contribution is 0.0748. The molecule has 8 heteroatoms. The van der Waals surface area contributed by atoms with Crippen molar-refractivity contribution in [3.8, 4) is 5.75 Å². The smallest absolute Gasteiger partial charge is 0.253 e. The maximum atomic E-state index is 13.3. The van der Waals surface area contributed by atoms with Crippen LogP contribution in [-0.2, 0) is 10.0 Å². The second-order valence-corrected chi connectivity index (χ2v) is 9.54. The Kier molecular flexibility index (Phi) is 6.88. The van der Waals surface area contributed by atoms with Gasteiger partial charge >= 0.3 is 0 Å². The fourth-order valence-corrected chi connectivity index (χ4v) is 5.38. The Labute approximate surface area is 162 Å². The fourth-order valence-electron chi connectivity index (χ4n) is 3.51. The van der Waals surface area contributed by atoms with Gasteiger partial charge in [-0.15, -0.1) is 0 Å². The van der Waals surface area contributed by atoms with Crippen LogP contribution in [-0.4, -0.2) is 63.4 Å². The summed E-state index contributed by atoms with van der Waals surface area (Å²) in [6, 6.07) is 4.39. The first-order chi connectivity index (χ1) is 12.6. The van der Waals surface area contributed by atoms with Crippen molar-refractivity contribution in [1.29, 1.82) is 0 Å². The second kappa shape index (κ2) is 8.58. The number of piperidine rings is 1. The molecule has 7 nitrogen and oxygen atoms in total. The number of rotatable bonds is 6. The Balaban J connectivity index is 2.44. The van der Waals surface area contributed by atoms with E-state index in [-0.39, 0.29) is 34.4 Å². The van der Waals surface area contributed by atoms with Crippen molar-refractivity contribution in [1.82, 2.24) is 9.21 Å². The molecule has 0 radical (unpaired) electrons. The Hall–Kier alpha value is -1.64. The van der Waals surface area contributed by atoms with E-state index in [1.54, 1.807) is 13.1 Å². The minimum absolute atomic E-state index is 0.0333. The van der Waals surface area contributed by atoms with Crippen LogP contribution in [0.1, 0.15) is 37.6 Å². The molecular weight excluding hydrogens is 366 g/mol. The molecule has 1 aromatic carbocycles. The summed E-state index contributed by atoms with van der Waals surface area (Å²) in [5.41, 5.74) is 5.94. The largest absolute Gasteiger partial charge is 0.495 e. The maximum absolute atomic E-state index is 13.3. The third kappa shape index (κ3) is 4.62. The van der Waals surface area contributed by atoms with Crippen LogP contribution in [0.5, 0.6) is 5.75 Å². The Bertz CT molecular complexity index is 771. The standard InChI is InChI=1S/C19H31N3O4S/c1-13-8-14(2)12-22(11-13)27(24,25)18-9-16(6-7-17(18)26-5)19(23)21(4)15(3)10-20/h6-7,9,13-15H,8,10-12,20H2,1-5H3. The third-order valence-electron chi connectivity index (χ3n) is 5.19. The van der Waals surface area contributed by atoms with E-state index in [1.165, 1.54) is 28.4 Å². The third-order valence-corrected chi connectivity index (χ3v) is 7.04. The lowest BCUT2D eigenvalue weighted by Crippen LogP contribution is -2.42. The van der Waals surface area contributed by atoms with Crippen molar-refractivity contribution < 1.29 is 17.9 Å². The number of sulfonamides is 1. The van der Waals surface area contributed by atoms with Gasteiger partial charge in [0, 0.05) is 38.3 Å². The quantitative estimate of drug-likeness (QED) is 0.790. The Morgan fingerprint density at radius 3 is 2.44 bits per heavy atom. The topological polar surface area (TPSA) is 92.9 Å². The Morgan fingerprint density at radius 2 is 1.93 bits per heavy atom. The predicted molar refractivity (Wildman–Crippen MR) is 105 cm³/mol. The van der Waals surface area contributed by atoms with Crippen LogP contribution in [0.3, 0.4) is 0 Å².